The molecule has 0 bridgehead atoms. The minimum atomic E-state index is -3.76. The van der Waals surface area contributed by atoms with Gasteiger partial charge in [0.15, 0.2) is 16.6 Å². The Labute approximate surface area is 216 Å². The first-order valence-corrected chi connectivity index (χ1v) is 12.7. The van der Waals surface area contributed by atoms with Gasteiger partial charge in [0.05, 0.1) is 24.8 Å². The van der Waals surface area contributed by atoms with E-state index in [9.17, 15) is 13.2 Å². The van der Waals surface area contributed by atoms with Gasteiger partial charge in [0.1, 0.15) is 0 Å². The molecule has 3 N–H and O–H groups in total. The van der Waals surface area contributed by atoms with Crippen LogP contribution in [0.3, 0.4) is 0 Å². The lowest BCUT2D eigenvalue weighted by Crippen LogP contribution is -2.32. The zero-order valence-electron chi connectivity index (χ0n) is 20.3. The molecule has 3 aromatic rings. The molecule has 0 radical (unpaired) electrons. The number of hydrogen-bond acceptors (Lipinski definition) is 6. The third-order valence-corrected chi connectivity index (χ3v) is 6.71. The quantitative estimate of drug-likeness (QED) is 0.290. The van der Waals surface area contributed by atoms with Gasteiger partial charge in [-0.05, 0) is 85.7 Å². The standard InChI is InChI=1S/C26H27N3O5S2/c1-17-5-12-22(18(2)15-17)29-36(31,32)21-10-8-20(9-11-21)27-26(35)28-25(30)14-7-19-6-13-23(33-3)24(16-19)34-4/h5-16,29H,1-4H3,(H2,27,28,30,35). The number of thiocarbonyl (C=S) groups is 1. The predicted octanol–water partition coefficient (Wildman–Crippen LogP) is 4.65. The normalized spacial score (nSPS) is 11.1. The molecule has 0 unspecified atom stereocenters. The van der Waals surface area contributed by atoms with Crippen molar-refractivity contribution in [2.75, 3.05) is 24.3 Å². The maximum Gasteiger partial charge on any atom is 0.261 e. The molecule has 0 aliphatic rings. The Hall–Kier alpha value is -3.89. The fourth-order valence-corrected chi connectivity index (χ4v) is 4.64. The van der Waals surface area contributed by atoms with Gasteiger partial charge in [-0.15, -0.1) is 0 Å². The predicted molar refractivity (Wildman–Crippen MR) is 146 cm³/mol. The van der Waals surface area contributed by atoms with Crippen molar-refractivity contribution in [2.45, 2.75) is 18.7 Å². The molecule has 0 saturated carbocycles. The lowest BCUT2D eigenvalue weighted by molar-refractivity contribution is -0.115. The van der Waals surface area contributed by atoms with Crippen LogP contribution in [-0.4, -0.2) is 33.7 Å². The molecule has 8 nitrogen and oxygen atoms in total. The summed E-state index contributed by atoms with van der Waals surface area (Å²) >= 11 is 5.19. The molecule has 36 heavy (non-hydrogen) atoms. The molecule has 0 aromatic heterocycles. The molecule has 0 spiro atoms. The first kappa shape index (κ1) is 26.7. The zero-order chi connectivity index (χ0) is 26.3. The van der Waals surface area contributed by atoms with Crippen molar-refractivity contribution < 1.29 is 22.7 Å². The molecular formula is C26H27N3O5S2. The molecule has 188 valence electrons. The van der Waals surface area contributed by atoms with E-state index in [4.69, 9.17) is 21.7 Å². The van der Waals surface area contributed by atoms with E-state index >= 15 is 0 Å². The van der Waals surface area contributed by atoms with Crippen molar-refractivity contribution in [3.05, 3.63) is 83.4 Å². The minimum Gasteiger partial charge on any atom is -0.493 e. The number of anilines is 2. The smallest absolute Gasteiger partial charge is 0.261 e. The van der Waals surface area contributed by atoms with Gasteiger partial charge < -0.3 is 14.8 Å². The van der Waals surface area contributed by atoms with Crippen molar-refractivity contribution in [3.63, 3.8) is 0 Å². The molecule has 3 rings (SSSR count). The number of aryl methyl sites for hydroxylation is 2. The van der Waals surface area contributed by atoms with E-state index in [1.807, 2.05) is 26.0 Å². The van der Waals surface area contributed by atoms with Crippen LogP contribution in [0.2, 0.25) is 0 Å². The van der Waals surface area contributed by atoms with Crippen LogP contribution >= 0.6 is 12.2 Å². The fourth-order valence-electron chi connectivity index (χ4n) is 3.29. The van der Waals surface area contributed by atoms with Crippen LogP contribution in [0.25, 0.3) is 6.08 Å². The van der Waals surface area contributed by atoms with Gasteiger partial charge >= 0.3 is 0 Å². The Bertz CT molecular complexity index is 1400. The monoisotopic (exact) mass is 525 g/mol. The number of benzene rings is 3. The number of rotatable bonds is 8. The van der Waals surface area contributed by atoms with E-state index < -0.39 is 15.9 Å². The number of methoxy groups -OCH3 is 2. The highest BCUT2D eigenvalue weighted by molar-refractivity contribution is 7.92. The Morgan fingerprint density at radius 1 is 0.917 bits per heavy atom. The Balaban J connectivity index is 1.58. The van der Waals surface area contributed by atoms with E-state index in [1.54, 1.807) is 49.6 Å². The second-order valence-electron chi connectivity index (χ2n) is 7.84. The molecule has 1 amide bonds. The van der Waals surface area contributed by atoms with Gasteiger partial charge in [0.2, 0.25) is 5.91 Å². The Morgan fingerprint density at radius 2 is 1.61 bits per heavy atom. The van der Waals surface area contributed by atoms with Gasteiger partial charge in [0.25, 0.3) is 10.0 Å². The number of carbonyl (C=O) groups is 1. The van der Waals surface area contributed by atoms with Crippen molar-refractivity contribution in [1.82, 2.24) is 5.32 Å². The van der Waals surface area contributed by atoms with Crippen molar-refractivity contribution in [2.24, 2.45) is 0 Å². The summed E-state index contributed by atoms with van der Waals surface area (Å²) in [6.07, 6.45) is 2.95. The number of nitrogens with one attached hydrogen (secondary N) is 3. The van der Waals surface area contributed by atoms with E-state index in [1.165, 1.54) is 25.3 Å². The van der Waals surface area contributed by atoms with Crippen LogP contribution in [-0.2, 0) is 14.8 Å². The lowest BCUT2D eigenvalue weighted by Gasteiger charge is -2.12. The number of sulfonamides is 1. The van der Waals surface area contributed by atoms with Gasteiger partial charge in [0, 0.05) is 11.8 Å². The van der Waals surface area contributed by atoms with Crippen LogP contribution in [0, 0.1) is 13.8 Å². The van der Waals surface area contributed by atoms with Crippen LogP contribution in [0.1, 0.15) is 16.7 Å². The summed E-state index contributed by atoms with van der Waals surface area (Å²) in [5, 5.41) is 5.48. The van der Waals surface area contributed by atoms with Gasteiger partial charge in [-0.1, -0.05) is 23.8 Å². The zero-order valence-corrected chi connectivity index (χ0v) is 21.9. The maximum absolute atomic E-state index is 12.7. The summed E-state index contributed by atoms with van der Waals surface area (Å²) < 4.78 is 38.5. The highest BCUT2D eigenvalue weighted by Crippen LogP contribution is 2.28. The number of carbonyl (C=O) groups excluding carboxylic acids is 1. The molecular weight excluding hydrogens is 498 g/mol. The Kier molecular flexibility index (Phi) is 8.68. The minimum absolute atomic E-state index is 0.0703. The van der Waals surface area contributed by atoms with Gasteiger partial charge in [-0.2, -0.15) is 0 Å². The molecule has 0 saturated heterocycles. The molecule has 0 fully saturated rings. The second kappa shape index (κ2) is 11.7. The van der Waals surface area contributed by atoms with Crippen LogP contribution in [0.15, 0.2) is 71.6 Å². The van der Waals surface area contributed by atoms with Crippen LogP contribution in [0.5, 0.6) is 11.5 Å². The molecule has 10 heteroatoms. The van der Waals surface area contributed by atoms with Gasteiger partial charge in [-0.25, -0.2) is 8.42 Å². The van der Waals surface area contributed by atoms with Crippen molar-refractivity contribution >= 4 is 50.7 Å². The number of ether oxygens (including phenoxy) is 2. The second-order valence-corrected chi connectivity index (χ2v) is 9.93. The van der Waals surface area contributed by atoms with E-state index in [2.05, 4.69) is 15.4 Å². The van der Waals surface area contributed by atoms with Crippen molar-refractivity contribution in [1.29, 1.82) is 0 Å². The summed E-state index contributed by atoms with van der Waals surface area (Å²) in [5.74, 6) is 0.704. The third kappa shape index (κ3) is 7.06. The molecule has 0 heterocycles. The van der Waals surface area contributed by atoms with E-state index in [0.717, 1.165) is 16.7 Å². The molecule has 0 aliphatic heterocycles. The lowest BCUT2D eigenvalue weighted by atomic mass is 10.1. The topological polar surface area (TPSA) is 106 Å². The summed E-state index contributed by atoms with van der Waals surface area (Å²) in [4.78, 5) is 12.3. The largest absolute Gasteiger partial charge is 0.493 e. The first-order valence-electron chi connectivity index (χ1n) is 10.8. The summed E-state index contributed by atoms with van der Waals surface area (Å²) in [5.41, 5.74) is 3.67. The Morgan fingerprint density at radius 3 is 2.25 bits per heavy atom. The SMILES string of the molecule is COc1ccc(C=CC(=O)NC(=S)Nc2ccc(S(=O)(=O)Nc3ccc(C)cc3C)cc2)cc1OC. The summed E-state index contributed by atoms with van der Waals surface area (Å²) in [6.45, 7) is 3.79. The molecule has 0 aliphatic carbocycles. The number of hydrogen-bond donors (Lipinski definition) is 3. The maximum atomic E-state index is 12.7. The first-order chi connectivity index (χ1) is 17.1. The molecule has 0 atom stereocenters. The number of amides is 1. The third-order valence-electron chi connectivity index (χ3n) is 5.12. The van der Waals surface area contributed by atoms with E-state index in [0.29, 0.717) is 22.9 Å². The van der Waals surface area contributed by atoms with Gasteiger partial charge in [-0.3, -0.25) is 14.8 Å². The highest BCUT2D eigenvalue weighted by Gasteiger charge is 2.15. The van der Waals surface area contributed by atoms with Crippen LogP contribution in [0.4, 0.5) is 11.4 Å². The van der Waals surface area contributed by atoms with E-state index in [-0.39, 0.29) is 10.0 Å². The summed E-state index contributed by atoms with van der Waals surface area (Å²) in [7, 11) is -0.683. The summed E-state index contributed by atoms with van der Waals surface area (Å²) in [6, 6.07) is 16.8. The molecule has 3 aromatic carbocycles. The van der Waals surface area contributed by atoms with Crippen molar-refractivity contribution in [3.8, 4) is 11.5 Å². The van der Waals surface area contributed by atoms with Crippen LogP contribution < -0.4 is 24.8 Å². The fraction of sp³-hybridized carbons (Fsp3) is 0.154. The average Bonchev–Trinajstić information content (AvgIpc) is 2.84. The highest BCUT2D eigenvalue weighted by atomic mass is 32.2. The average molecular weight is 526 g/mol.